The zero-order valence-electron chi connectivity index (χ0n) is 15.7. The van der Waals surface area contributed by atoms with E-state index in [9.17, 15) is 4.79 Å². The summed E-state index contributed by atoms with van der Waals surface area (Å²) in [5.74, 6) is -0.192. The molecule has 0 aliphatic heterocycles. The van der Waals surface area contributed by atoms with Gasteiger partial charge in [-0.2, -0.15) is 0 Å². The monoisotopic (exact) mass is 404 g/mol. The van der Waals surface area contributed by atoms with Gasteiger partial charge in [0.25, 0.3) is 0 Å². The molecule has 0 rings (SSSR count). The minimum Gasteiger partial charge on any atom is -0.464 e. The molecule has 0 saturated heterocycles. The molecule has 3 nitrogen and oxygen atoms in total. The number of alkyl halides is 1. The van der Waals surface area contributed by atoms with Crippen LogP contribution in [-0.2, 0) is 14.3 Å². The van der Waals surface area contributed by atoms with Crippen molar-refractivity contribution in [2.24, 2.45) is 0 Å². The van der Waals surface area contributed by atoms with Gasteiger partial charge in [-0.3, -0.25) is 0 Å². The smallest absolute Gasteiger partial charge is 0.335 e. The lowest BCUT2D eigenvalue weighted by Crippen LogP contribution is -2.26. The van der Waals surface area contributed by atoms with Crippen LogP contribution >= 0.6 is 15.9 Å². The molecule has 0 amide bonds. The minimum absolute atomic E-state index is 0.192. The number of esters is 1. The van der Waals surface area contributed by atoms with Crippen LogP contribution in [0.4, 0.5) is 0 Å². The maximum atomic E-state index is 12.0. The van der Waals surface area contributed by atoms with E-state index in [1.165, 1.54) is 25.7 Å². The molecule has 0 bridgehead atoms. The summed E-state index contributed by atoms with van der Waals surface area (Å²) in [6.07, 6.45) is 16.1. The first kappa shape index (κ1) is 23.6. The molecular weight excluding hydrogens is 368 g/mol. The third-order valence-corrected chi connectivity index (χ3v) is 4.45. The first-order valence-corrected chi connectivity index (χ1v) is 10.9. The van der Waals surface area contributed by atoms with Crippen molar-refractivity contribution in [1.29, 1.82) is 0 Å². The van der Waals surface area contributed by atoms with E-state index >= 15 is 0 Å². The van der Waals surface area contributed by atoms with Gasteiger partial charge in [0, 0.05) is 11.9 Å². The fourth-order valence-corrected chi connectivity index (χ4v) is 2.79. The Bertz CT molecular complexity index is 305. The molecule has 1 unspecified atom stereocenters. The van der Waals surface area contributed by atoms with Crippen molar-refractivity contribution in [3.8, 4) is 0 Å². The summed E-state index contributed by atoms with van der Waals surface area (Å²) in [5, 5.41) is 1.10. The highest BCUT2D eigenvalue weighted by atomic mass is 79.9. The topological polar surface area (TPSA) is 35.5 Å². The molecule has 0 aromatic carbocycles. The zero-order valence-corrected chi connectivity index (χ0v) is 17.3. The number of hydrogen-bond acceptors (Lipinski definition) is 3. The average Bonchev–Trinajstić information content (AvgIpc) is 2.59. The van der Waals surface area contributed by atoms with Crippen molar-refractivity contribution < 1.29 is 14.3 Å². The molecule has 0 N–H and O–H groups in total. The molecule has 24 heavy (non-hydrogen) atoms. The lowest BCUT2D eigenvalue weighted by Gasteiger charge is -2.15. The van der Waals surface area contributed by atoms with Crippen LogP contribution in [0.25, 0.3) is 0 Å². The lowest BCUT2D eigenvalue weighted by atomic mass is 10.1. The van der Waals surface area contributed by atoms with Crippen LogP contribution in [-0.4, -0.2) is 30.6 Å². The van der Waals surface area contributed by atoms with Crippen LogP contribution in [0.2, 0.25) is 0 Å². The van der Waals surface area contributed by atoms with E-state index in [2.05, 4.69) is 35.0 Å². The van der Waals surface area contributed by atoms with Gasteiger partial charge < -0.3 is 9.47 Å². The van der Waals surface area contributed by atoms with E-state index in [1.807, 2.05) is 6.92 Å². The normalized spacial score (nSPS) is 12.6. The number of unbranched alkanes of at least 4 members (excludes halogenated alkanes) is 7. The Labute approximate surface area is 157 Å². The molecule has 0 saturated carbocycles. The molecule has 0 aromatic rings. The highest BCUT2D eigenvalue weighted by molar-refractivity contribution is 9.09. The second kappa shape index (κ2) is 19.0. The molecule has 0 aliphatic carbocycles. The van der Waals surface area contributed by atoms with E-state index in [4.69, 9.17) is 9.47 Å². The van der Waals surface area contributed by atoms with Crippen molar-refractivity contribution in [3.63, 3.8) is 0 Å². The number of hydrogen-bond donors (Lipinski definition) is 0. The minimum atomic E-state index is -0.393. The Kier molecular flexibility index (Phi) is 18.7. The molecule has 0 aliphatic rings. The van der Waals surface area contributed by atoms with Gasteiger partial charge in [0.2, 0.25) is 0 Å². The summed E-state index contributed by atoms with van der Waals surface area (Å²) in [5.41, 5.74) is 0. The summed E-state index contributed by atoms with van der Waals surface area (Å²) < 4.78 is 11.0. The zero-order chi connectivity index (χ0) is 17.9. The maximum Gasteiger partial charge on any atom is 0.335 e. The average molecular weight is 405 g/mol. The van der Waals surface area contributed by atoms with Gasteiger partial charge in [-0.05, 0) is 44.9 Å². The van der Waals surface area contributed by atoms with Gasteiger partial charge in [0.05, 0.1) is 6.61 Å². The van der Waals surface area contributed by atoms with Gasteiger partial charge in [-0.15, -0.1) is 0 Å². The molecule has 0 radical (unpaired) electrons. The standard InChI is InChI=1S/C20H37BrO3/c1-3-5-6-7-11-14-17-23-19(4-2)20(22)24-18-15-12-9-8-10-13-16-21/h5-6,19H,3-4,7-18H2,1-2H3/b6-5-. The third-order valence-electron chi connectivity index (χ3n) is 3.89. The number of ether oxygens (including phenoxy) is 2. The predicted octanol–water partition coefficient (Wildman–Crippen LogP) is 6.20. The fourth-order valence-electron chi connectivity index (χ4n) is 2.40. The van der Waals surface area contributed by atoms with Crippen molar-refractivity contribution in [2.75, 3.05) is 18.5 Å². The van der Waals surface area contributed by atoms with Gasteiger partial charge in [0.1, 0.15) is 0 Å². The van der Waals surface area contributed by atoms with E-state index in [1.54, 1.807) is 0 Å². The number of halogens is 1. The number of carbonyl (C=O) groups is 1. The second-order valence-electron chi connectivity index (χ2n) is 6.12. The predicted molar refractivity (Wildman–Crippen MR) is 106 cm³/mol. The molecule has 4 heteroatoms. The summed E-state index contributed by atoms with van der Waals surface area (Å²) in [4.78, 5) is 12.0. The third kappa shape index (κ3) is 15.2. The Morgan fingerprint density at radius 1 is 0.917 bits per heavy atom. The van der Waals surface area contributed by atoms with Gasteiger partial charge >= 0.3 is 5.97 Å². The Hall–Kier alpha value is -0.350. The van der Waals surface area contributed by atoms with E-state index in [0.29, 0.717) is 19.6 Å². The van der Waals surface area contributed by atoms with Crippen molar-refractivity contribution in [1.82, 2.24) is 0 Å². The van der Waals surface area contributed by atoms with E-state index < -0.39 is 6.10 Å². The Balaban J connectivity index is 3.57. The van der Waals surface area contributed by atoms with Crippen molar-refractivity contribution in [2.45, 2.75) is 90.6 Å². The van der Waals surface area contributed by atoms with Crippen LogP contribution in [0.5, 0.6) is 0 Å². The van der Waals surface area contributed by atoms with Crippen molar-refractivity contribution >= 4 is 21.9 Å². The molecule has 142 valence electrons. The molecule has 1 atom stereocenters. The molecular formula is C20H37BrO3. The quantitative estimate of drug-likeness (QED) is 0.125. The van der Waals surface area contributed by atoms with E-state index in [-0.39, 0.29) is 5.97 Å². The molecule has 0 fully saturated rings. The Morgan fingerprint density at radius 3 is 2.25 bits per heavy atom. The maximum absolute atomic E-state index is 12.0. The van der Waals surface area contributed by atoms with Crippen LogP contribution in [0.15, 0.2) is 12.2 Å². The summed E-state index contributed by atoms with van der Waals surface area (Å²) in [6, 6.07) is 0. The second-order valence-corrected chi connectivity index (χ2v) is 6.91. The molecule has 0 spiro atoms. The summed E-state index contributed by atoms with van der Waals surface area (Å²) in [7, 11) is 0. The van der Waals surface area contributed by atoms with Gasteiger partial charge in [-0.25, -0.2) is 4.79 Å². The number of carbonyl (C=O) groups excluding carboxylic acids is 1. The Morgan fingerprint density at radius 2 is 1.58 bits per heavy atom. The molecule has 0 aromatic heterocycles. The summed E-state index contributed by atoms with van der Waals surface area (Å²) >= 11 is 3.44. The van der Waals surface area contributed by atoms with Crippen LogP contribution in [0.3, 0.4) is 0 Å². The van der Waals surface area contributed by atoms with Gasteiger partial charge in [0.15, 0.2) is 6.10 Å². The van der Waals surface area contributed by atoms with E-state index in [0.717, 1.165) is 43.9 Å². The summed E-state index contributed by atoms with van der Waals surface area (Å²) in [6.45, 7) is 5.28. The molecule has 0 heterocycles. The number of allylic oxidation sites excluding steroid dienone is 2. The SMILES string of the molecule is CC/C=C\CCCCOC(CC)C(=O)OCCCCCCCCBr. The highest BCUT2D eigenvalue weighted by Crippen LogP contribution is 2.08. The van der Waals surface area contributed by atoms with Crippen molar-refractivity contribution in [3.05, 3.63) is 12.2 Å². The number of rotatable bonds is 17. The first-order valence-electron chi connectivity index (χ1n) is 9.75. The van der Waals surface area contributed by atoms with Crippen LogP contribution < -0.4 is 0 Å². The first-order chi connectivity index (χ1) is 11.8. The van der Waals surface area contributed by atoms with Gasteiger partial charge in [-0.1, -0.05) is 67.6 Å². The highest BCUT2D eigenvalue weighted by Gasteiger charge is 2.18. The van der Waals surface area contributed by atoms with Crippen LogP contribution in [0, 0.1) is 0 Å². The van der Waals surface area contributed by atoms with Crippen LogP contribution in [0.1, 0.15) is 84.5 Å². The largest absolute Gasteiger partial charge is 0.464 e. The lowest BCUT2D eigenvalue weighted by molar-refractivity contribution is -0.157. The fraction of sp³-hybridized carbons (Fsp3) is 0.850.